The molecule has 12 nitrogen and oxygen atoms in total. The fourth-order valence-corrected chi connectivity index (χ4v) is 4.59. The van der Waals surface area contributed by atoms with Crippen molar-refractivity contribution in [3.8, 4) is 5.69 Å². The van der Waals surface area contributed by atoms with Gasteiger partial charge in [-0.1, -0.05) is 6.92 Å². The predicted octanol–water partition coefficient (Wildman–Crippen LogP) is 2.97. The number of nitrogens with two attached hydrogens (primary N) is 1. The molecule has 0 spiro atoms. The van der Waals surface area contributed by atoms with Gasteiger partial charge in [0.15, 0.2) is 0 Å². The van der Waals surface area contributed by atoms with Crippen LogP contribution in [0.5, 0.6) is 0 Å². The number of hydrogen-bond donors (Lipinski definition) is 4. The summed E-state index contributed by atoms with van der Waals surface area (Å²) < 4.78 is 1.56. The topological polar surface area (TPSA) is 146 Å². The molecule has 0 radical (unpaired) electrons. The van der Waals surface area contributed by atoms with Crippen molar-refractivity contribution in [3.63, 3.8) is 0 Å². The van der Waals surface area contributed by atoms with E-state index in [1.807, 2.05) is 49.9 Å². The SMILES string of the molecule is CCCNC(=O)Nc1ccc(Nc2nc(N)n(-c3ccnc(N4C[C@@H](C)N(C(C)=O)[C@@H](C)C4)c3)n2)cc1. The van der Waals surface area contributed by atoms with E-state index in [-0.39, 0.29) is 30.0 Å². The molecule has 1 aromatic carbocycles. The molecule has 1 saturated heterocycles. The molecule has 0 unspecified atom stereocenters. The number of carbonyl (C=O) groups is 2. The molecule has 1 fully saturated rings. The van der Waals surface area contributed by atoms with Crippen LogP contribution in [-0.4, -0.2) is 68.3 Å². The maximum absolute atomic E-state index is 12.0. The van der Waals surface area contributed by atoms with E-state index in [4.69, 9.17) is 5.73 Å². The smallest absolute Gasteiger partial charge is 0.319 e. The van der Waals surface area contributed by atoms with Crippen LogP contribution in [0, 0.1) is 0 Å². The number of urea groups is 1. The first-order valence-electron chi connectivity index (χ1n) is 12.4. The second-order valence-corrected chi connectivity index (χ2v) is 9.19. The second-order valence-electron chi connectivity index (χ2n) is 9.19. The van der Waals surface area contributed by atoms with E-state index >= 15 is 0 Å². The van der Waals surface area contributed by atoms with Crippen LogP contribution < -0.4 is 26.6 Å². The Hall–Kier alpha value is -4.35. The van der Waals surface area contributed by atoms with Crippen molar-refractivity contribution >= 4 is 41.0 Å². The number of piperazine rings is 1. The average molecular weight is 507 g/mol. The minimum atomic E-state index is -0.239. The van der Waals surface area contributed by atoms with Gasteiger partial charge in [-0.2, -0.15) is 9.67 Å². The fraction of sp³-hybridized carbons (Fsp3) is 0.400. The van der Waals surface area contributed by atoms with Crippen LogP contribution in [0.3, 0.4) is 0 Å². The van der Waals surface area contributed by atoms with Crippen LogP contribution in [0.4, 0.5) is 33.9 Å². The summed E-state index contributed by atoms with van der Waals surface area (Å²) in [6, 6.07) is 10.9. The highest BCUT2D eigenvalue weighted by Crippen LogP contribution is 2.24. The van der Waals surface area contributed by atoms with Gasteiger partial charge in [-0.15, -0.1) is 5.10 Å². The van der Waals surface area contributed by atoms with Crippen LogP contribution >= 0.6 is 0 Å². The zero-order valence-electron chi connectivity index (χ0n) is 21.6. The number of hydrogen-bond acceptors (Lipinski definition) is 8. The lowest BCUT2D eigenvalue weighted by atomic mass is 10.1. The first-order chi connectivity index (χ1) is 17.7. The maximum Gasteiger partial charge on any atom is 0.319 e. The van der Waals surface area contributed by atoms with Gasteiger partial charge in [0.1, 0.15) is 5.82 Å². The van der Waals surface area contributed by atoms with Crippen molar-refractivity contribution in [1.29, 1.82) is 0 Å². The van der Waals surface area contributed by atoms with Gasteiger partial charge in [-0.3, -0.25) is 4.79 Å². The van der Waals surface area contributed by atoms with Crippen molar-refractivity contribution < 1.29 is 9.59 Å². The third-order valence-electron chi connectivity index (χ3n) is 6.15. The highest BCUT2D eigenvalue weighted by Gasteiger charge is 2.31. The van der Waals surface area contributed by atoms with E-state index in [2.05, 4.69) is 35.9 Å². The second kappa shape index (κ2) is 11.1. The van der Waals surface area contributed by atoms with Gasteiger partial charge in [0.2, 0.25) is 17.8 Å². The Kier molecular flexibility index (Phi) is 7.75. The molecule has 3 heterocycles. The molecule has 196 valence electrons. The van der Waals surface area contributed by atoms with Crippen LogP contribution in [0.25, 0.3) is 5.69 Å². The van der Waals surface area contributed by atoms with Crippen molar-refractivity contribution in [2.45, 2.75) is 46.2 Å². The Balaban J connectivity index is 1.45. The number of nitrogens with one attached hydrogen (secondary N) is 3. The van der Waals surface area contributed by atoms with Gasteiger partial charge in [0.05, 0.1) is 5.69 Å². The predicted molar refractivity (Wildman–Crippen MR) is 144 cm³/mol. The van der Waals surface area contributed by atoms with Gasteiger partial charge in [0.25, 0.3) is 0 Å². The number of carbonyl (C=O) groups excluding carboxylic acids is 2. The molecule has 3 amide bonds. The van der Waals surface area contributed by atoms with E-state index in [0.717, 1.165) is 23.6 Å². The highest BCUT2D eigenvalue weighted by molar-refractivity contribution is 5.89. The third-order valence-corrected chi connectivity index (χ3v) is 6.15. The summed E-state index contributed by atoms with van der Waals surface area (Å²) in [4.78, 5) is 36.8. The van der Waals surface area contributed by atoms with Crippen molar-refractivity contribution in [1.82, 2.24) is 30.0 Å². The Labute approximate surface area is 216 Å². The number of nitrogen functional groups attached to an aromatic ring is 1. The molecule has 5 N–H and O–H groups in total. The number of nitrogens with zero attached hydrogens (tertiary/aromatic N) is 6. The third kappa shape index (κ3) is 6.08. The minimum absolute atomic E-state index is 0.0752. The lowest BCUT2D eigenvalue weighted by molar-refractivity contribution is -0.133. The molecule has 0 saturated carbocycles. The molecule has 3 aromatic rings. The van der Waals surface area contributed by atoms with E-state index in [9.17, 15) is 9.59 Å². The molecule has 4 rings (SSSR count). The summed E-state index contributed by atoms with van der Waals surface area (Å²) in [5.74, 6) is 1.44. The molecule has 2 atom stereocenters. The van der Waals surface area contributed by atoms with Crippen LogP contribution in [0.15, 0.2) is 42.6 Å². The first kappa shape index (κ1) is 25.7. The summed E-state index contributed by atoms with van der Waals surface area (Å²) in [7, 11) is 0. The molecule has 1 aliphatic heterocycles. The van der Waals surface area contributed by atoms with E-state index in [0.29, 0.717) is 31.3 Å². The van der Waals surface area contributed by atoms with E-state index in [1.165, 1.54) is 0 Å². The summed E-state index contributed by atoms with van der Waals surface area (Å²) in [5.41, 5.74) is 8.34. The Morgan fingerprint density at radius 3 is 2.41 bits per heavy atom. The number of rotatable bonds is 7. The fourth-order valence-electron chi connectivity index (χ4n) is 4.59. The van der Waals surface area contributed by atoms with Gasteiger partial charge >= 0.3 is 6.03 Å². The maximum atomic E-state index is 12.0. The molecular weight excluding hydrogens is 472 g/mol. The summed E-state index contributed by atoms with van der Waals surface area (Å²) >= 11 is 0. The zero-order chi connectivity index (χ0) is 26.5. The van der Waals surface area contributed by atoms with Crippen LogP contribution in [-0.2, 0) is 4.79 Å². The Bertz CT molecular complexity index is 1230. The van der Waals surface area contributed by atoms with Crippen molar-refractivity contribution in [2.75, 3.05) is 40.9 Å². The monoisotopic (exact) mass is 506 g/mol. The number of aromatic nitrogens is 4. The van der Waals surface area contributed by atoms with E-state index < -0.39 is 0 Å². The van der Waals surface area contributed by atoms with Gasteiger partial charge in [0, 0.05) is 62.3 Å². The molecule has 37 heavy (non-hydrogen) atoms. The number of benzene rings is 1. The lowest BCUT2D eigenvalue weighted by Gasteiger charge is -2.44. The van der Waals surface area contributed by atoms with Gasteiger partial charge < -0.3 is 31.5 Å². The van der Waals surface area contributed by atoms with Crippen LogP contribution in [0.2, 0.25) is 0 Å². The van der Waals surface area contributed by atoms with Crippen molar-refractivity contribution in [2.24, 2.45) is 0 Å². The minimum Gasteiger partial charge on any atom is -0.368 e. The molecule has 0 aliphatic carbocycles. The largest absolute Gasteiger partial charge is 0.368 e. The summed E-state index contributed by atoms with van der Waals surface area (Å²) in [5, 5.41) is 13.2. The Morgan fingerprint density at radius 2 is 1.76 bits per heavy atom. The normalized spacial score (nSPS) is 17.4. The molecule has 0 bridgehead atoms. The van der Waals surface area contributed by atoms with Gasteiger partial charge in [-0.25, -0.2) is 9.78 Å². The van der Waals surface area contributed by atoms with Gasteiger partial charge in [-0.05, 0) is 50.6 Å². The van der Waals surface area contributed by atoms with Crippen LogP contribution in [0.1, 0.15) is 34.1 Å². The molecule has 1 aliphatic rings. The Morgan fingerprint density at radius 1 is 1.08 bits per heavy atom. The molecule has 2 aromatic heterocycles. The highest BCUT2D eigenvalue weighted by atomic mass is 16.2. The molecular formula is C25H34N10O2. The number of anilines is 5. The number of pyridine rings is 1. The van der Waals surface area contributed by atoms with E-state index in [1.54, 1.807) is 29.9 Å². The van der Waals surface area contributed by atoms with Crippen molar-refractivity contribution in [3.05, 3.63) is 42.6 Å². The lowest BCUT2D eigenvalue weighted by Crippen LogP contribution is -2.58. The summed E-state index contributed by atoms with van der Waals surface area (Å²) in [6.07, 6.45) is 2.59. The summed E-state index contributed by atoms with van der Waals surface area (Å²) in [6.45, 7) is 9.69. The average Bonchev–Trinajstić information content (AvgIpc) is 3.23. The quantitative estimate of drug-likeness (QED) is 0.383. The first-order valence-corrected chi connectivity index (χ1v) is 12.4. The zero-order valence-corrected chi connectivity index (χ0v) is 21.6. The standard InChI is InChI=1S/C25H34N10O2/c1-5-11-28-25(37)30-20-8-6-19(7-9-20)29-24-31-23(26)35(32-24)21-10-12-27-22(13-21)33-14-16(2)34(18(4)36)17(3)15-33/h6-10,12-13,16-17H,5,11,14-15H2,1-4H3,(H2,28,30,37)(H3,26,29,31,32)/t16-,17+. The molecule has 12 heteroatoms. The number of amides is 3.